The Kier molecular flexibility index (Phi) is 3.15. The topological polar surface area (TPSA) is 82.4 Å². The van der Waals surface area contributed by atoms with Crippen LogP contribution in [0.3, 0.4) is 0 Å². The van der Waals surface area contributed by atoms with E-state index in [0.29, 0.717) is 25.2 Å². The van der Waals surface area contributed by atoms with Crippen LogP contribution in [0.25, 0.3) is 0 Å². The molecule has 1 fully saturated rings. The molecule has 1 rings (SSSR count). The average molecular weight is 182 g/mol. The number of hydrogen-bond donors (Lipinski definition) is 2. The molecule has 1 saturated heterocycles. The van der Waals surface area contributed by atoms with Gasteiger partial charge in [-0.25, -0.2) is 4.79 Å². The zero-order chi connectivity index (χ0) is 9.68. The molecular weight excluding hydrogens is 172 g/mol. The minimum absolute atomic E-state index is 0.159. The molecule has 0 spiro atoms. The predicted octanol–water partition coefficient (Wildman–Crippen LogP) is 0.840. The van der Waals surface area contributed by atoms with Crippen molar-refractivity contribution in [2.45, 2.75) is 18.9 Å². The smallest absolute Gasteiger partial charge is 0.404 e. The van der Waals surface area contributed by atoms with Gasteiger partial charge in [-0.1, -0.05) is 0 Å². The second-order valence-electron chi connectivity index (χ2n) is 2.74. The summed E-state index contributed by atoms with van der Waals surface area (Å²) in [4.78, 5) is 10.2. The van der Waals surface area contributed by atoms with Gasteiger partial charge in [-0.05, 0) is 6.42 Å². The van der Waals surface area contributed by atoms with Gasteiger partial charge in [0.1, 0.15) is 12.4 Å². The lowest BCUT2D eigenvalue weighted by molar-refractivity contribution is 0.125. The third-order valence-electron chi connectivity index (χ3n) is 1.76. The Labute approximate surface area is 75.6 Å². The number of allylic oxidation sites excluding steroid dienone is 2. The van der Waals surface area contributed by atoms with Crippen LogP contribution in [0.5, 0.6) is 0 Å². The van der Waals surface area contributed by atoms with E-state index in [2.05, 4.69) is 5.32 Å². The fraction of sp³-hybridized carbons (Fsp3) is 0.500. The molecule has 70 valence electrons. The van der Waals surface area contributed by atoms with Crippen LogP contribution in [0, 0.1) is 11.3 Å². The highest BCUT2D eigenvalue weighted by Gasteiger charge is 2.18. The van der Waals surface area contributed by atoms with E-state index in [1.54, 1.807) is 0 Å². The molecule has 1 heterocycles. The lowest BCUT2D eigenvalue weighted by Crippen LogP contribution is -2.39. The second-order valence-corrected chi connectivity index (χ2v) is 2.74. The molecule has 0 radical (unpaired) electrons. The van der Waals surface area contributed by atoms with Crippen LogP contribution in [0.1, 0.15) is 12.8 Å². The van der Waals surface area contributed by atoms with Gasteiger partial charge in [0.15, 0.2) is 0 Å². The molecule has 5 heteroatoms. The third-order valence-corrected chi connectivity index (χ3v) is 1.76. The van der Waals surface area contributed by atoms with Crippen molar-refractivity contribution in [1.29, 1.82) is 5.26 Å². The molecule has 1 atom stereocenters. The number of amides is 1. The fourth-order valence-corrected chi connectivity index (χ4v) is 1.15. The van der Waals surface area contributed by atoms with Crippen LogP contribution in [-0.4, -0.2) is 23.8 Å². The third kappa shape index (κ3) is 3.03. The largest absolute Gasteiger partial charge is 0.495 e. The number of carboxylic acid groups (broad SMARTS) is 1. The lowest BCUT2D eigenvalue weighted by Gasteiger charge is -2.23. The Balaban J connectivity index is 2.35. The highest BCUT2D eigenvalue weighted by atomic mass is 16.5. The first-order valence-corrected chi connectivity index (χ1v) is 3.93. The number of ether oxygens (including phenoxy) is 1. The molecule has 0 aromatic carbocycles. The van der Waals surface area contributed by atoms with Crippen molar-refractivity contribution in [3.63, 3.8) is 0 Å². The number of carbonyl (C=O) groups is 1. The Bertz CT molecular complexity index is 257. The van der Waals surface area contributed by atoms with Gasteiger partial charge in [-0.2, -0.15) is 5.26 Å². The van der Waals surface area contributed by atoms with Crippen molar-refractivity contribution in [2.75, 3.05) is 6.61 Å². The summed E-state index contributed by atoms with van der Waals surface area (Å²) in [7, 11) is 0. The van der Waals surface area contributed by atoms with E-state index in [-0.39, 0.29) is 6.04 Å². The van der Waals surface area contributed by atoms with Gasteiger partial charge in [0.05, 0.1) is 18.2 Å². The maximum Gasteiger partial charge on any atom is 0.404 e. The summed E-state index contributed by atoms with van der Waals surface area (Å²) in [6.07, 6.45) is 1.59. The Morgan fingerprint density at radius 2 is 2.62 bits per heavy atom. The van der Waals surface area contributed by atoms with Crippen molar-refractivity contribution >= 4 is 6.09 Å². The van der Waals surface area contributed by atoms with E-state index in [1.807, 2.05) is 6.07 Å². The van der Waals surface area contributed by atoms with Crippen molar-refractivity contribution in [3.05, 3.63) is 11.8 Å². The molecule has 1 aliphatic rings. The number of hydrogen-bond acceptors (Lipinski definition) is 3. The maximum absolute atomic E-state index is 10.2. The zero-order valence-electron chi connectivity index (χ0n) is 6.99. The van der Waals surface area contributed by atoms with Gasteiger partial charge in [0.25, 0.3) is 0 Å². The summed E-state index contributed by atoms with van der Waals surface area (Å²) in [6.45, 7) is 0.305. The van der Waals surface area contributed by atoms with Crippen molar-refractivity contribution in [1.82, 2.24) is 5.32 Å². The van der Waals surface area contributed by atoms with Crippen LogP contribution in [0.15, 0.2) is 11.8 Å². The van der Waals surface area contributed by atoms with Gasteiger partial charge in [-0.3, -0.25) is 0 Å². The normalized spacial score (nSPS) is 24.5. The standard InChI is InChI=1S/C8H10N2O3/c9-4-3-7-2-1-6(5-13-7)10-8(11)12/h3,6,10H,1-2,5H2,(H,11,12)/t6-/m0/s1. The van der Waals surface area contributed by atoms with Gasteiger partial charge in [0.2, 0.25) is 0 Å². The highest BCUT2D eigenvalue weighted by Crippen LogP contribution is 2.16. The fourth-order valence-electron chi connectivity index (χ4n) is 1.15. The van der Waals surface area contributed by atoms with Crippen molar-refractivity contribution in [3.8, 4) is 6.07 Å². The van der Waals surface area contributed by atoms with E-state index < -0.39 is 6.09 Å². The Morgan fingerprint density at radius 3 is 3.08 bits per heavy atom. The van der Waals surface area contributed by atoms with Crippen molar-refractivity contribution in [2.24, 2.45) is 0 Å². The van der Waals surface area contributed by atoms with Gasteiger partial charge < -0.3 is 15.2 Å². The average Bonchev–Trinajstić information content (AvgIpc) is 2.08. The molecule has 0 saturated carbocycles. The summed E-state index contributed by atoms with van der Waals surface area (Å²) in [5, 5.41) is 19.0. The molecule has 0 aromatic heterocycles. The molecule has 0 bridgehead atoms. The van der Waals surface area contributed by atoms with E-state index in [0.717, 1.165) is 0 Å². The molecule has 1 aliphatic heterocycles. The van der Waals surface area contributed by atoms with Gasteiger partial charge in [0, 0.05) is 6.42 Å². The Morgan fingerprint density at radius 1 is 1.85 bits per heavy atom. The first kappa shape index (κ1) is 9.39. The van der Waals surface area contributed by atoms with Gasteiger partial charge >= 0.3 is 6.09 Å². The van der Waals surface area contributed by atoms with E-state index in [1.165, 1.54) is 6.08 Å². The molecule has 5 nitrogen and oxygen atoms in total. The van der Waals surface area contributed by atoms with E-state index in [4.69, 9.17) is 15.1 Å². The van der Waals surface area contributed by atoms with Crippen LogP contribution < -0.4 is 5.32 Å². The first-order chi connectivity index (χ1) is 6.22. The van der Waals surface area contributed by atoms with Crippen LogP contribution in [0.4, 0.5) is 4.79 Å². The van der Waals surface area contributed by atoms with Crippen LogP contribution >= 0.6 is 0 Å². The van der Waals surface area contributed by atoms with Crippen LogP contribution in [-0.2, 0) is 4.74 Å². The number of nitrogens with one attached hydrogen (secondary N) is 1. The monoisotopic (exact) mass is 182 g/mol. The zero-order valence-corrected chi connectivity index (χ0v) is 6.99. The molecule has 0 aliphatic carbocycles. The molecule has 0 unspecified atom stereocenters. The summed E-state index contributed by atoms with van der Waals surface area (Å²) in [6, 6.07) is 1.71. The quantitative estimate of drug-likeness (QED) is 0.588. The summed E-state index contributed by atoms with van der Waals surface area (Å²) < 4.78 is 5.14. The maximum atomic E-state index is 10.2. The first-order valence-electron chi connectivity index (χ1n) is 3.93. The second kappa shape index (κ2) is 4.36. The molecule has 2 N–H and O–H groups in total. The summed E-state index contributed by atoms with van der Waals surface area (Å²) in [5.41, 5.74) is 0. The molecular formula is C8H10N2O3. The molecule has 0 aromatic rings. The van der Waals surface area contributed by atoms with Crippen LogP contribution in [0.2, 0.25) is 0 Å². The van der Waals surface area contributed by atoms with Crippen molar-refractivity contribution < 1.29 is 14.6 Å². The molecule has 1 amide bonds. The minimum atomic E-state index is -1.04. The van der Waals surface area contributed by atoms with E-state index >= 15 is 0 Å². The predicted molar refractivity (Wildman–Crippen MR) is 43.8 cm³/mol. The summed E-state index contributed by atoms with van der Waals surface area (Å²) >= 11 is 0. The number of nitrogens with zero attached hydrogens (tertiary/aromatic N) is 1. The van der Waals surface area contributed by atoms with Gasteiger partial charge in [-0.15, -0.1) is 0 Å². The van der Waals surface area contributed by atoms with E-state index in [9.17, 15) is 4.79 Å². The SMILES string of the molecule is N#CC=C1CC[C@H](NC(=O)O)CO1. The minimum Gasteiger partial charge on any atom is -0.495 e. The summed E-state index contributed by atoms with van der Waals surface area (Å²) in [5.74, 6) is 0.630. The highest BCUT2D eigenvalue weighted by molar-refractivity contribution is 5.64. The Hall–Kier alpha value is -1.70. The molecule has 13 heavy (non-hydrogen) atoms. The number of rotatable bonds is 1. The lowest BCUT2D eigenvalue weighted by atomic mass is 10.1. The number of nitriles is 1.